The number of hydrogen-bond donors (Lipinski definition) is 0. The minimum Gasteiger partial charge on any atom is -0.497 e. The Kier molecular flexibility index (Phi) is 5.50. The van der Waals surface area contributed by atoms with Crippen LogP contribution >= 0.6 is 0 Å². The van der Waals surface area contributed by atoms with Gasteiger partial charge in [-0.15, -0.1) is 0 Å². The lowest BCUT2D eigenvalue weighted by atomic mass is 10.0. The van der Waals surface area contributed by atoms with Crippen LogP contribution in [-0.2, 0) is 6.54 Å². The number of nitro benzene ring substituents is 1. The summed E-state index contributed by atoms with van der Waals surface area (Å²) in [6.45, 7) is 3.67. The molecule has 30 heavy (non-hydrogen) atoms. The Bertz CT molecular complexity index is 1160. The average molecular weight is 408 g/mol. The van der Waals surface area contributed by atoms with Crippen molar-refractivity contribution in [3.05, 3.63) is 68.8 Å². The molecule has 0 unspecified atom stereocenters. The molecule has 8 heteroatoms. The number of fused-ring (bicyclic) bond motifs is 1. The molecule has 3 aromatic rings. The molecule has 0 radical (unpaired) electrons. The first kappa shape index (κ1) is 20.0. The molecule has 1 aromatic heterocycles. The molecule has 4 rings (SSSR count). The summed E-state index contributed by atoms with van der Waals surface area (Å²) in [6, 6.07) is 11.8. The van der Waals surface area contributed by atoms with Crippen molar-refractivity contribution in [1.82, 2.24) is 14.5 Å². The van der Waals surface area contributed by atoms with E-state index < -0.39 is 4.92 Å². The quantitative estimate of drug-likeness (QED) is 0.473. The Labute approximate surface area is 173 Å². The van der Waals surface area contributed by atoms with Crippen molar-refractivity contribution in [2.75, 3.05) is 13.7 Å². The molecule has 2 aromatic carbocycles. The van der Waals surface area contributed by atoms with Gasteiger partial charge in [0.05, 0.1) is 35.2 Å². The third kappa shape index (κ3) is 3.78. The fourth-order valence-corrected chi connectivity index (χ4v) is 4.03. The number of piperidine rings is 1. The van der Waals surface area contributed by atoms with Crippen molar-refractivity contribution < 1.29 is 9.66 Å². The van der Waals surface area contributed by atoms with Crippen LogP contribution < -0.4 is 10.3 Å². The Morgan fingerprint density at radius 2 is 2.07 bits per heavy atom. The zero-order chi connectivity index (χ0) is 21.3. The fraction of sp³-hybridized carbons (Fsp3) is 0.364. The highest BCUT2D eigenvalue weighted by atomic mass is 16.6. The highest BCUT2D eigenvalue weighted by Crippen LogP contribution is 2.23. The van der Waals surface area contributed by atoms with Crippen LogP contribution in [0, 0.1) is 10.1 Å². The van der Waals surface area contributed by atoms with Gasteiger partial charge in [0.2, 0.25) is 0 Å². The van der Waals surface area contributed by atoms with Crippen LogP contribution in [-0.4, -0.2) is 39.1 Å². The van der Waals surface area contributed by atoms with E-state index >= 15 is 0 Å². The van der Waals surface area contributed by atoms with Gasteiger partial charge in [-0.2, -0.15) is 0 Å². The summed E-state index contributed by atoms with van der Waals surface area (Å²) in [5, 5.41) is 11.4. The van der Waals surface area contributed by atoms with Gasteiger partial charge in [-0.05, 0) is 44.5 Å². The molecule has 0 aliphatic carbocycles. The van der Waals surface area contributed by atoms with Gasteiger partial charge in [0.1, 0.15) is 11.6 Å². The number of nitro groups is 1. The predicted octanol–water partition coefficient (Wildman–Crippen LogP) is 3.68. The van der Waals surface area contributed by atoms with Gasteiger partial charge in [-0.3, -0.25) is 24.4 Å². The molecular weight excluding hydrogens is 384 g/mol. The van der Waals surface area contributed by atoms with Crippen molar-refractivity contribution in [2.24, 2.45) is 0 Å². The number of ether oxygens (including phenoxy) is 1. The van der Waals surface area contributed by atoms with Crippen LogP contribution in [0.1, 0.15) is 32.0 Å². The van der Waals surface area contributed by atoms with E-state index in [9.17, 15) is 14.9 Å². The normalized spacial score (nSPS) is 17.2. The second-order valence-corrected chi connectivity index (χ2v) is 7.64. The van der Waals surface area contributed by atoms with Crippen molar-refractivity contribution in [3.8, 4) is 11.4 Å². The Morgan fingerprint density at radius 1 is 1.23 bits per heavy atom. The molecule has 0 bridgehead atoms. The summed E-state index contributed by atoms with van der Waals surface area (Å²) < 4.78 is 6.88. The molecule has 0 N–H and O–H groups in total. The topological polar surface area (TPSA) is 90.5 Å². The monoisotopic (exact) mass is 408 g/mol. The number of rotatable bonds is 5. The predicted molar refractivity (Wildman–Crippen MR) is 114 cm³/mol. The first-order valence-corrected chi connectivity index (χ1v) is 10.1. The maximum Gasteiger partial charge on any atom is 0.270 e. The maximum absolute atomic E-state index is 13.5. The lowest BCUT2D eigenvalue weighted by molar-refractivity contribution is -0.384. The van der Waals surface area contributed by atoms with Crippen LogP contribution in [0.5, 0.6) is 5.75 Å². The summed E-state index contributed by atoms with van der Waals surface area (Å²) in [6.07, 6.45) is 3.44. The first-order valence-electron chi connectivity index (χ1n) is 10.1. The Hall–Kier alpha value is -3.26. The van der Waals surface area contributed by atoms with Gasteiger partial charge in [-0.25, -0.2) is 4.98 Å². The summed E-state index contributed by atoms with van der Waals surface area (Å²) in [4.78, 5) is 31.3. The van der Waals surface area contributed by atoms with E-state index in [2.05, 4.69) is 11.8 Å². The van der Waals surface area contributed by atoms with Gasteiger partial charge in [0.15, 0.2) is 0 Å². The molecule has 1 fully saturated rings. The van der Waals surface area contributed by atoms with Crippen molar-refractivity contribution in [2.45, 2.75) is 38.8 Å². The highest BCUT2D eigenvalue weighted by Gasteiger charge is 2.22. The Morgan fingerprint density at radius 3 is 2.80 bits per heavy atom. The number of nitrogens with zero attached hydrogens (tertiary/aromatic N) is 4. The maximum atomic E-state index is 13.5. The lowest BCUT2D eigenvalue weighted by Crippen LogP contribution is -2.39. The molecule has 0 saturated carbocycles. The van der Waals surface area contributed by atoms with Gasteiger partial charge in [-0.1, -0.05) is 12.5 Å². The summed E-state index contributed by atoms with van der Waals surface area (Å²) in [5.74, 6) is 1.24. The number of hydrogen-bond acceptors (Lipinski definition) is 6. The van der Waals surface area contributed by atoms with E-state index in [1.165, 1.54) is 18.6 Å². The standard InChI is InChI=1S/C22H24N4O4/c1-15-6-3-4-11-24(15)14-21-23-20-10-9-17(26(28)29)13-19(20)22(27)25(21)16-7-5-8-18(12-16)30-2/h5,7-10,12-13,15H,3-4,6,11,14H2,1-2H3/t15-/m1/s1. The van der Waals surface area contributed by atoms with Gasteiger partial charge in [0.25, 0.3) is 11.2 Å². The third-order valence-electron chi connectivity index (χ3n) is 5.73. The van der Waals surface area contributed by atoms with Crippen LogP contribution in [0.4, 0.5) is 5.69 Å². The second-order valence-electron chi connectivity index (χ2n) is 7.64. The molecule has 0 amide bonds. The van der Waals surface area contributed by atoms with E-state index in [4.69, 9.17) is 9.72 Å². The average Bonchev–Trinajstić information content (AvgIpc) is 2.75. The van der Waals surface area contributed by atoms with Crippen molar-refractivity contribution in [3.63, 3.8) is 0 Å². The number of benzene rings is 2. The molecule has 8 nitrogen and oxygen atoms in total. The third-order valence-corrected chi connectivity index (χ3v) is 5.73. The molecule has 0 spiro atoms. The van der Waals surface area contributed by atoms with Crippen molar-refractivity contribution >= 4 is 16.6 Å². The van der Waals surface area contributed by atoms with E-state index in [-0.39, 0.29) is 16.6 Å². The number of non-ortho nitro benzene ring substituents is 1. The van der Waals surface area contributed by atoms with Crippen LogP contribution in [0.2, 0.25) is 0 Å². The summed E-state index contributed by atoms with van der Waals surface area (Å²) in [5.41, 5.74) is 0.636. The number of aromatic nitrogens is 2. The largest absolute Gasteiger partial charge is 0.497 e. The van der Waals surface area contributed by atoms with Gasteiger partial charge >= 0.3 is 0 Å². The second kappa shape index (κ2) is 8.23. The number of likely N-dealkylation sites (tertiary alicyclic amines) is 1. The molecule has 1 aliphatic rings. The summed E-state index contributed by atoms with van der Waals surface area (Å²) in [7, 11) is 1.57. The summed E-state index contributed by atoms with van der Waals surface area (Å²) >= 11 is 0. The molecule has 1 atom stereocenters. The van der Waals surface area contributed by atoms with Crippen LogP contribution in [0.3, 0.4) is 0 Å². The lowest BCUT2D eigenvalue weighted by Gasteiger charge is -2.33. The minimum atomic E-state index is -0.502. The SMILES string of the molecule is COc1cccc(-n2c(CN3CCCC[C@H]3C)nc3ccc([N+](=O)[O-])cc3c2=O)c1. The molecule has 1 aliphatic heterocycles. The highest BCUT2D eigenvalue weighted by molar-refractivity contribution is 5.80. The minimum absolute atomic E-state index is 0.129. The van der Waals surface area contributed by atoms with E-state index in [1.54, 1.807) is 29.9 Å². The zero-order valence-electron chi connectivity index (χ0n) is 17.1. The number of methoxy groups -OCH3 is 1. The molecule has 2 heterocycles. The van der Waals surface area contributed by atoms with E-state index in [1.807, 2.05) is 12.1 Å². The smallest absolute Gasteiger partial charge is 0.270 e. The van der Waals surface area contributed by atoms with Crippen LogP contribution in [0.25, 0.3) is 16.6 Å². The van der Waals surface area contributed by atoms with Gasteiger partial charge in [0, 0.05) is 24.2 Å². The van der Waals surface area contributed by atoms with E-state index in [0.29, 0.717) is 35.4 Å². The fourth-order valence-electron chi connectivity index (χ4n) is 4.03. The van der Waals surface area contributed by atoms with Crippen LogP contribution in [0.15, 0.2) is 47.3 Å². The molecule has 1 saturated heterocycles. The molecule has 156 valence electrons. The zero-order valence-corrected chi connectivity index (χ0v) is 17.1. The first-order chi connectivity index (χ1) is 14.5. The molecular formula is C22H24N4O4. The van der Waals surface area contributed by atoms with Gasteiger partial charge < -0.3 is 4.74 Å². The van der Waals surface area contributed by atoms with Crippen molar-refractivity contribution in [1.29, 1.82) is 0 Å². The van der Waals surface area contributed by atoms with E-state index in [0.717, 1.165) is 19.4 Å². The Balaban J connectivity index is 1.92.